The van der Waals surface area contributed by atoms with Crippen molar-refractivity contribution in [2.24, 2.45) is 0 Å². The molecule has 3 N–H and O–H groups in total. The normalized spacial score (nSPS) is 12.6. The quantitative estimate of drug-likeness (QED) is 0.313. The largest absolute Gasteiger partial charge is 0.475 e. The van der Waals surface area contributed by atoms with E-state index in [2.05, 4.69) is 5.32 Å². The maximum absolute atomic E-state index is 13.3. The summed E-state index contributed by atoms with van der Waals surface area (Å²) in [7, 11) is -1.75. The molecule has 3 rings (SSSR count). The Kier molecular flexibility index (Phi) is 8.83. The Bertz CT molecular complexity index is 1070. The van der Waals surface area contributed by atoms with Gasteiger partial charge in [0.2, 0.25) is 5.91 Å². The maximum Gasteiger partial charge on any atom is 0.475 e. The van der Waals surface area contributed by atoms with Gasteiger partial charge in [-0.3, -0.25) is 9.59 Å². The smallest absolute Gasteiger partial charge is 0.426 e. The number of benzene rings is 3. The number of hydrogen-bond donors (Lipinski definition) is 3. The molecule has 0 aromatic heterocycles. The molecule has 2 atom stereocenters. The van der Waals surface area contributed by atoms with Gasteiger partial charge in [-0.25, -0.2) is 0 Å². The maximum atomic E-state index is 13.3. The first-order valence-corrected chi connectivity index (χ1v) is 11.3. The van der Waals surface area contributed by atoms with Gasteiger partial charge < -0.3 is 15.4 Å². The number of carbonyl (C=O) groups excluding carboxylic acids is 2. The van der Waals surface area contributed by atoms with Crippen LogP contribution >= 0.6 is 11.6 Å². The van der Waals surface area contributed by atoms with Gasteiger partial charge in [-0.2, -0.15) is 0 Å². The highest BCUT2D eigenvalue weighted by atomic mass is 35.5. The number of amides is 1. The van der Waals surface area contributed by atoms with E-state index < -0.39 is 24.9 Å². The summed E-state index contributed by atoms with van der Waals surface area (Å²) in [6, 6.07) is 23.3. The number of hydrogen-bond acceptors (Lipinski definition) is 4. The van der Waals surface area contributed by atoms with E-state index in [1.807, 2.05) is 37.3 Å². The van der Waals surface area contributed by atoms with E-state index in [1.54, 1.807) is 48.5 Å². The Morgan fingerprint density at radius 1 is 0.939 bits per heavy atom. The van der Waals surface area contributed by atoms with E-state index in [-0.39, 0.29) is 18.6 Å². The van der Waals surface area contributed by atoms with Crippen LogP contribution < -0.4 is 5.32 Å². The molecule has 0 unspecified atom stereocenters. The van der Waals surface area contributed by atoms with Crippen molar-refractivity contribution >= 4 is 30.4 Å². The van der Waals surface area contributed by atoms with Crippen molar-refractivity contribution < 1.29 is 19.6 Å². The lowest BCUT2D eigenvalue weighted by atomic mass is 9.75. The summed E-state index contributed by atoms with van der Waals surface area (Å²) in [5, 5.41) is 23.2. The van der Waals surface area contributed by atoms with Gasteiger partial charge in [0.1, 0.15) is 0 Å². The van der Waals surface area contributed by atoms with Crippen LogP contribution in [0.2, 0.25) is 5.02 Å². The standard InChI is InChI=1S/C26H27BClNO4/c1-2-18-7-6-8-19(15-18)16-25(27(32)33)29-26(31)23(20-11-13-22(28)14-12-20)17-24(30)21-9-4-3-5-10-21/h3-15,23,25,32-33H,2,16-17H2,1H3,(H,29,31)/t23-,25-/m0/s1. The highest BCUT2D eigenvalue weighted by molar-refractivity contribution is 6.43. The molecule has 0 fully saturated rings. The molecule has 1 amide bonds. The molecule has 0 spiro atoms. The van der Waals surface area contributed by atoms with E-state index in [4.69, 9.17) is 11.6 Å². The van der Waals surface area contributed by atoms with E-state index in [0.29, 0.717) is 16.1 Å². The third kappa shape index (κ3) is 7.03. The minimum absolute atomic E-state index is 0.0585. The van der Waals surface area contributed by atoms with Crippen molar-refractivity contribution in [1.82, 2.24) is 5.32 Å². The lowest BCUT2D eigenvalue weighted by Gasteiger charge is -2.23. The monoisotopic (exact) mass is 463 g/mol. The molecule has 0 aliphatic heterocycles. The van der Waals surface area contributed by atoms with Crippen molar-refractivity contribution in [2.75, 3.05) is 0 Å². The number of ketones is 1. The number of halogens is 1. The third-order valence-corrected chi connectivity index (χ3v) is 5.87. The second-order valence-electron chi connectivity index (χ2n) is 8.00. The topological polar surface area (TPSA) is 86.6 Å². The zero-order valence-electron chi connectivity index (χ0n) is 18.4. The second-order valence-corrected chi connectivity index (χ2v) is 8.44. The molecule has 33 heavy (non-hydrogen) atoms. The lowest BCUT2D eigenvalue weighted by molar-refractivity contribution is -0.123. The van der Waals surface area contributed by atoms with E-state index in [0.717, 1.165) is 17.5 Å². The van der Waals surface area contributed by atoms with Gasteiger partial charge in [0.25, 0.3) is 0 Å². The molecule has 3 aromatic carbocycles. The zero-order chi connectivity index (χ0) is 23.8. The predicted molar refractivity (Wildman–Crippen MR) is 131 cm³/mol. The lowest BCUT2D eigenvalue weighted by Crippen LogP contribution is -2.49. The van der Waals surface area contributed by atoms with E-state index >= 15 is 0 Å². The van der Waals surface area contributed by atoms with Crippen LogP contribution in [0.15, 0.2) is 78.9 Å². The molecule has 0 aliphatic carbocycles. The van der Waals surface area contributed by atoms with Crippen LogP contribution in [0.4, 0.5) is 0 Å². The fourth-order valence-corrected chi connectivity index (χ4v) is 3.86. The summed E-state index contributed by atoms with van der Waals surface area (Å²) in [4.78, 5) is 26.2. The average molecular weight is 464 g/mol. The highest BCUT2D eigenvalue weighted by Gasteiger charge is 2.31. The van der Waals surface area contributed by atoms with Crippen LogP contribution in [0.3, 0.4) is 0 Å². The summed E-state index contributed by atoms with van der Waals surface area (Å²) in [6.45, 7) is 2.04. The number of carbonyl (C=O) groups is 2. The van der Waals surface area contributed by atoms with Crippen molar-refractivity contribution in [3.05, 3.63) is 106 Å². The summed E-state index contributed by atoms with van der Waals surface area (Å²) >= 11 is 6.00. The molecule has 0 aliphatic rings. The summed E-state index contributed by atoms with van der Waals surface area (Å²) in [6.07, 6.45) is 1.04. The van der Waals surface area contributed by atoms with E-state index in [9.17, 15) is 19.6 Å². The first kappa shape index (κ1) is 24.7. The average Bonchev–Trinajstić information content (AvgIpc) is 2.83. The molecule has 3 aromatic rings. The fraction of sp³-hybridized carbons (Fsp3) is 0.231. The molecule has 5 nitrogen and oxygen atoms in total. The Hall–Kier alpha value is -2.93. The highest BCUT2D eigenvalue weighted by Crippen LogP contribution is 2.25. The molecule has 0 heterocycles. The van der Waals surface area contributed by atoms with Gasteiger partial charge in [-0.1, -0.05) is 85.3 Å². The van der Waals surface area contributed by atoms with Gasteiger partial charge in [0.15, 0.2) is 5.78 Å². The van der Waals surface area contributed by atoms with Crippen LogP contribution in [-0.2, 0) is 17.6 Å². The number of rotatable bonds is 10. The van der Waals surface area contributed by atoms with Crippen molar-refractivity contribution in [1.29, 1.82) is 0 Å². The minimum atomic E-state index is -1.75. The Balaban J connectivity index is 1.82. The van der Waals surface area contributed by atoms with Crippen LogP contribution in [0.5, 0.6) is 0 Å². The van der Waals surface area contributed by atoms with Gasteiger partial charge in [0.05, 0.1) is 11.9 Å². The van der Waals surface area contributed by atoms with Crippen LogP contribution in [0.1, 0.15) is 46.3 Å². The Labute approximate surface area is 199 Å². The number of nitrogens with one attached hydrogen (secondary N) is 1. The second kappa shape index (κ2) is 11.8. The van der Waals surface area contributed by atoms with Gasteiger partial charge >= 0.3 is 7.12 Å². The number of aryl methyl sites for hydroxylation is 1. The molecule has 7 heteroatoms. The van der Waals surface area contributed by atoms with Crippen LogP contribution in [0, 0.1) is 0 Å². The summed E-state index contributed by atoms with van der Waals surface area (Å²) < 4.78 is 0. The van der Waals surface area contributed by atoms with Crippen molar-refractivity contribution in [3.63, 3.8) is 0 Å². The number of Topliss-reactive ketones (excluding diaryl/α,β-unsaturated/α-hetero) is 1. The van der Waals surface area contributed by atoms with Crippen LogP contribution in [-0.4, -0.2) is 34.8 Å². The van der Waals surface area contributed by atoms with Crippen LogP contribution in [0.25, 0.3) is 0 Å². The Morgan fingerprint density at radius 2 is 1.61 bits per heavy atom. The molecular weight excluding hydrogens is 437 g/mol. The molecule has 0 radical (unpaired) electrons. The fourth-order valence-electron chi connectivity index (χ4n) is 3.73. The Morgan fingerprint density at radius 3 is 2.24 bits per heavy atom. The SMILES string of the molecule is CCc1cccc(C[C@H](NC(=O)[C@@H](CC(=O)c2ccccc2)c2ccc(Cl)cc2)B(O)O)c1. The first-order valence-electron chi connectivity index (χ1n) is 11.0. The van der Waals surface area contributed by atoms with Gasteiger partial charge in [-0.15, -0.1) is 0 Å². The zero-order valence-corrected chi connectivity index (χ0v) is 19.2. The van der Waals surface area contributed by atoms with Crippen molar-refractivity contribution in [2.45, 2.75) is 38.0 Å². The summed E-state index contributed by atoms with van der Waals surface area (Å²) in [5.41, 5.74) is 3.15. The van der Waals surface area contributed by atoms with Crippen molar-refractivity contribution in [3.8, 4) is 0 Å². The first-order chi connectivity index (χ1) is 15.9. The minimum Gasteiger partial charge on any atom is -0.426 e. The molecule has 170 valence electrons. The molecular formula is C26H27BClNO4. The third-order valence-electron chi connectivity index (χ3n) is 5.62. The molecule has 0 saturated heterocycles. The predicted octanol–water partition coefficient (Wildman–Crippen LogP) is 4.00. The molecule has 0 saturated carbocycles. The van der Waals surface area contributed by atoms with Gasteiger partial charge in [-0.05, 0) is 41.7 Å². The van der Waals surface area contributed by atoms with E-state index in [1.165, 1.54) is 0 Å². The van der Waals surface area contributed by atoms with Gasteiger partial charge in [0, 0.05) is 17.0 Å². The molecule has 0 bridgehead atoms. The summed E-state index contributed by atoms with van der Waals surface area (Å²) in [5.74, 6) is -2.36.